The van der Waals surface area contributed by atoms with E-state index in [0.29, 0.717) is 0 Å². The molecule has 90 valence electrons. The van der Waals surface area contributed by atoms with Crippen LogP contribution in [0.2, 0.25) is 0 Å². The Balaban J connectivity index is 2.62. The van der Waals surface area contributed by atoms with E-state index in [2.05, 4.69) is 11.8 Å². The van der Waals surface area contributed by atoms with Gasteiger partial charge in [0.2, 0.25) is 0 Å². The fourth-order valence-corrected chi connectivity index (χ4v) is 1.74. The summed E-state index contributed by atoms with van der Waals surface area (Å²) < 4.78 is 4.83. The van der Waals surface area contributed by atoms with Crippen LogP contribution >= 0.6 is 0 Å². The van der Waals surface area contributed by atoms with Crippen LogP contribution < -0.4 is 0 Å². The highest BCUT2D eigenvalue weighted by Gasteiger charge is 2.18. The zero-order chi connectivity index (χ0) is 12.5. The molecule has 0 N–H and O–H groups in total. The van der Waals surface area contributed by atoms with Gasteiger partial charge in [0.15, 0.2) is 0 Å². The molecule has 0 fully saturated rings. The van der Waals surface area contributed by atoms with Gasteiger partial charge in [-0.3, -0.25) is 4.79 Å². The smallest absolute Gasteiger partial charge is 0.309 e. The average Bonchev–Trinajstić information content (AvgIpc) is 2.38. The number of rotatable bonds is 5. The molecule has 0 saturated heterocycles. The maximum atomic E-state index is 11.6. The Labute approximate surface area is 103 Å². The van der Waals surface area contributed by atoms with Gasteiger partial charge in [0.1, 0.15) is 0 Å². The summed E-state index contributed by atoms with van der Waals surface area (Å²) >= 11 is 0. The Morgan fingerprint density at radius 2 is 2.06 bits per heavy atom. The van der Waals surface area contributed by atoms with E-state index < -0.39 is 0 Å². The number of ether oxygens (including phenoxy) is 1. The fraction of sp³-hybridized carbons (Fsp3) is 0.400. The minimum absolute atomic E-state index is 0.0942. The topological polar surface area (TPSA) is 26.3 Å². The molecule has 0 amide bonds. The van der Waals surface area contributed by atoms with Gasteiger partial charge in [0, 0.05) is 6.42 Å². The first-order valence-electron chi connectivity index (χ1n) is 5.79. The molecule has 0 spiro atoms. The second kappa shape index (κ2) is 7.51. The SMILES string of the molecule is CC#CCCC(Cc1ccccc1)C(=O)OC. The summed E-state index contributed by atoms with van der Waals surface area (Å²) in [6.45, 7) is 1.81. The molecule has 1 aromatic rings. The average molecular weight is 230 g/mol. The van der Waals surface area contributed by atoms with Crippen molar-refractivity contribution in [2.75, 3.05) is 7.11 Å². The summed E-state index contributed by atoms with van der Waals surface area (Å²) in [7, 11) is 1.44. The van der Waals surface area contributed by atoms with Crippen molar-refractivity contribution in [2.45, 2.75) is 26.2 Å². The monoisotopic (exact) mass is 230 g/mol. The summed E-state index contributed by atoms with van der Waals surface area (Å²) in [4.78, 5) is 11.6. The molecule has 0 aromatic heterocycles. The zero-order valence-corrected chi connectivity index (χ0v) is 10.4. The Hall–Kier alpha value is -1.75. The third-order valence-corrected chi connectivity index (χ3v) is 2.65. The molecular formula is C15H18O2. The summed E-state index contributed by atoms with van der Waals surface area (Å²) in [5.74, 6) is 5.59. The quantitative estimate of drug-likeness (QED) is 0.574. The minimum Gasteiger partial charge on any atom is -0.469 e. The first-order chi connectivity index (χ1) is 8.27. The van der Waals surface area contributed by atoms with Crippen molar-refractivity contribution < 1.29 is 9.53 Å². The van der Waals surface area contributed by atoms with Gasteiger partial charge >= 0.3 is 5.97 Å². The minimum atomic E-state index is -0.147. The lowest BCUT2D eigenvalue weighted by Crippen LogP contribution is -2.18. The second-order valence-corrected chi connectivity index (χ2v) is 3.88. The van der Waals surface area contributed by atoms with Crippen molar-refractivity contribution >= 4 is 5.97 Å². The first-order valence-corrected chi connectivity index (χ1v) is 5.79. The summed E-state index contributed by atoms with van der Waals surface area (Å²) in [6, 6.07) is 9.99. The highest BCUT2D eigenvalue weighted by molar-refractivity contribution is 5.72. The van der Waals surface area contributed by atoms with Gasteiger partial charge in [-0.2, -0.15) is 0 Å². The first kappa shape index (κ1) is 13.3. The number of carbonyl (C=O) groups excluding carboxylic acids is 1. The van der Waals surface area contributed by atoms with Crippen LogP contribution in [0.1, 0.15) is 25.3 Å². The second-order valence-electron chi connectivity index (χ2n) is 3.88. The Bertz CT molecular complexity index is 398. The zero-order valence-electron chi connectivity index (χ0n) is 10.4. The van der Waals surface area contributed by atoms with Crippen molar-refractivity contribution in [3.63, 3.8) is 0 Å². The lowest BCUT2D eigenvalue weighted by atomic mass is 9.95. The van der Waals surface area contributed by atoms with E-state index in [0.717, 1.165) is 24.8 Å². The maximum Gasteiger partial charge on any atom is 0.309 e. The van der Waals surface area contributed by atoms with Crippen molar-refractivity contribution in [3.8, 4) is 11.8 Å². The van der Waals surface area contributed by atoms with Crippen molar-refractivity contribution in [2.24, 2.45) is 5.92 Å². The van der Waals surface area contributed by atoms with E-state index in [1.54, 1.807) is 0 Å². The van der Waals surface area contributed by atoms with Crippen molar-refractivity contribution in [1.29, 1.82) is 0 Å². The Morgan fingerprint density at radius 1 is 1.35 bits per heavy atom. The Kier molecular flexibility index (Phi) is 5.88. The molecule has 0 radical (unpaired) electrons. The summed E-state index contributed by atoms with van der Waals surface area (Å²) in [5, 5.41) is 0. The number of methoxy groups -OCH3 is 1. The van der Waals surface area contributed by atoms with Gasteiger partial charge in [-0.15, -0.1) is 11.8 Å². The van der Waals surface area contributed by atoms with E-state index in [-0.39, 0.29) is 11.9 Å². The lowest BCUT2D eigenvalue weighted by molar-refractivity contribution is -0.145. The van der Waals surface area contributed by atoms with Crippen LogP contribution in [-0.4, -0.2) is 13.1 Å². The van der Waals surface area contributed by atoms with Crippen LogP contribution in [0, 0.1) is 17.8 Å². The molecule has 0 heterocycles. The van der Waals surface area contributed by atoms with E-state index in [1.807, 2.05) is 37.3 Å². The predicted octanol–water partition coefficient (Wildman–Crippen LogP) is 2.82. The number of hydrogen-bond acceptors (Lipinski definition) is 2. The van der Waals surface area contributed by atoms with Crippen LogP contribution in [0.25, 0.3) is 0 Å². The molecule has 1 atom stereocenters. The van der Waals surface area contributed by atoms with Gasteiger partial charge in [0.05, 0.1) is 13.0 Å². The number of esters is 1. The predicted molar refractivity (Wildman–Crippen MR) is 68.3 cm³/mol. The largest absolute Gasteiger partial charge is 0.469 e. The van der Waals surface area contributed by atoms with Gasteiger partial charge < -0.3 is 4.74 Å². The molecule has 1 rings (SSSR count). The molecule has 17 heavy (non-hydrogen) atoms. The standard InChI is InChI=1S/C15H18O2/c1-3-4-6-11-14(15(16)17-2)12-13-9-7-5-8-10-13/h5,7-10,14H,6,11-12H2,1-2H3. The van der Waals surface area contributed by atoms with Crippen LogP contribution in [0.4, 0.5) is 0 Å². The maximum absolute atomic E-state index is 11.6. The molecule has 0 aliphatic carbocycles. The highest BCUT2D eigenvalue weighted by Crippen LogP contribution is 2.15. The summed E-state index contributed by atoms with van der Waals surface area (Å²) in [5.41, 5.74) is 1.16. The van der Waals surface area contributed by atoms with E-state index in [9.17, 15) is 4.79 Å². The molecule has 0 saturated carbocycles. The van der Waals surface area contributed by atoms with Gasteiger partial charge in [0.25, 0.3) is 0 Å². The molecule has 0 aliphatic heterocycles. The van der Waals surface area contributed by atoms with Crippen LogP contribution in [-0.2, 0) is 16.0 Å². The van der Waals surface area contributed by atoms with Crippen molar-refractivity contribution in [3.05, 3.63) is 35.9 Å². The lowest BCUT2D eigenvalue weighted by Gasteiger charge is -2.13. The number of benzene rings is 1. The van der Waals surface area contributed by atoms with Gasteiger partial charge in [-0.25, -0.2) is 0 Å². The third-order valence-electron chi connectivity index (χ3n) is 2.65. The molecule has 0 aliphatic rings. The molecule has 1 aromatic carbocycles. The summed E-state index contributed by atoms with van der Waals surface area (Å²) in [6.07, 6.45) is 2.21. The van der Waals surface area contributed by atoms with E-state index in [4.69, 9.17) is 4.74 Å². The molecule has 2 nitrogen and oxygen atoms in total. The van der Waals surface area contributed by atoms with E-state index in [1.165, 1.54) is 7.11 Å². The molecule has 2 heteroatoms. The van der Waals surface area contributed by atoms with Gasteiger partial charge in [-0.1, -0.05) is 30.3 Å². The molecular weight excluding hydrogens is 212 g/mol. The Morgan fingerprint density at radius 3 is 2.65 bits per heavy atom. The van der Waals surface area contributed by atoms with E-state index >= 15 is 0 Å². The fourth-order valence-electron chi connectivity index (χ4n) is 1.74. The third kappa shape index (κ3) is 4.74. The van der Waals surface area contributed by atoms with Crippen LogP contribution in [0.5, 0.6) is 0 Å². The van der Waals surface area contributed by atoms with Crippen LogP contribution in [0.3, 0.4) is 0 Å². The van der Waals surface area contributed by atoms with Crippen molar-refractivity contribution in [1.82, 2.24) is 0 Å². The normalized spacial score (nSPS) is 11.2. The van der Waals surface area contributed by atoms with Crippen LogP contribution in [0.15, 0.2) is 30.3 Å². The molecule has 0 bridgehead atoms. The highest BCUT2D eigenvalue weighted by atomic mass is 16.5. The molecule has 1 unspecified atom stereocenters. The van der Waals surface area contributed by atoms with Gasteiger partial charge in [-0.05, 0) is 25.3 Å². The number of hydrogen-bond donors (Lipinski definition) is 0. The number of carbonyl (C=O) groups is 1.